The lowest BCUT2D eigenvalue weighted by molar-refractivity contribution is -0.124. The molecule has 0 aromatic heterocycles. The van der Waals surface area contributed by atoms with Crippen molar-refractivity contribution in [2.75, 3.05) is 19.8 Å². The lowest BCUT2D eigenvalue weighted by Crippen LogP contribution is -2.35. The molecular formula is C23H26N2O8. The fraction of sp³-hybridized carbons (Fsp3) is 0.261. The summed E-state index contributed by atoms with van der Waals surface area (Å²) < 4.78 is 16.8. The summed E-state index contributed by atoms with van der Waals surface area (Å²) in [6.45, 7) is 1.65. The van der Waals surface area contributed by atoms with Crippen molar-refractivity contribution in [3.63, 3.8) is 0 Å². The number of benzene rings is 2. The molecule has 10 heteroatoms. The number of hydroxylamine groups is 1. The molecule has 33 heavy (non-hydrogen) atoms. The summed E-state index contributed by atoms with van der Waals surface area (Å²) in [4.78, 5) is 36.4. The van der Waals surface area contributed by atoms with Gasteiger partial charge in [-0.2, -0.15) is 0 Å². The Bertz CT molecular complexity index is 948. The minimum atomic E-state index is -1.15. The third-order valence-electron chi connectivity index (χ3n) is 4.26. The third kappa shape index (κ3) is 8.04. The lowest BCUT2D eigenvalue weighted by atomic mass is 10.0. The van der Waals surface area contributed by atoms with Gasteiger partial charge in [0.1, 0.15) is 18.5 Å². The first-order valence-corrected chi connectivity index (χ1v) is 10.1. The van der Waals surface area contributed by atoms with E-state index in [4.69, 9.17) is 24.5 Å². The van der Waals surface area contributed by atoms with Gasteiger partial charge in [-0.05, 0) is 31.2 Å². The van der Waals surface area contributed by atoms with Gasteiger partial charge in [0.15, 0.2) is 6.10 Å². The molecule has 0 aliphatic heterocycles. The number of ether oxygens (including phenoxy) is 3. The number of hydrogen-bond acceptors (Lipinski definition) is 8. The smallest absolute Gasteiger partial charge is 0.414 e. The van der Waals surface area contributed by atoms with Gasteiger partial charge in [0.2, 0.25) is 0 Å². The molecule has 0 fully saturated rings. The maximum atomic E-state index is 12.6. The SMILES string of the molecule is CCO[C@@H](/C=C/C(=O)NO)[C@@H](OC(=O)NC(=O)c1ccccc1)c1ccccc1OCCO. The molecule has 2 atom stereocenters. The number of para-hydroxylation sites is 1. The van der Waals surface area contributed by atoms with E-state index in [9.17, 15) is 14.4 Å². The van der Waals surface area contributed by atoms with Gasteiger partial charge in [0, 0.05) is 23.8 Å². The van der Waals surface area contributed by atoms with Crippen LogP contribution in [0.15, 0.2) is 66.7 Å². The van der Waals surface area contributed by atoms with Crippen molar-refractivity contribution in [1.29, 1.82) is 0 Å². The average molecular weight is 458 g/mol. The molecule has 2 aromatic rings. The van der Waals surface area contributed by atoms with E-state index in [0.29, 0.717) is 11.3 Å². The van der Waals surface area contributed by atoms with Gasteiger partial charge in [-0.25, -0.2) is 10.3 Å². The highest BCUT2D eigenvalue weighted by Gasteiger charge is 2.29. The van der Waals surface area contributed by atoms with E-state index in [-0.39, 0.29) is 25.4 Å². The predicted octanol–water partition coefficient (Wildman–Crippen LogP) is 2.13. The van der Waals surface area contributed by atoms with Crippen LogP contribution < -0.4 is 15.5 Å². The van der Waals surface area contributed by atoms with Crippen molar-refractivity contribution in [3.05, 3.63) is 77.9 Å². The van der Waals surface area contributed by atoms with Gasteiger partial charge in [-0.3, -0.25) is 20.1 Å². The second-order valence-electron chi connectivity index (χ2n) is 6.51. The zero-order valence-corrected chi connectivity index (χ0v) is 18.0. The standard InChI is InChI=1S/C23H26N2O8/c1-2-31-19(12-13-20(27)25-30)21(17-10-6-7-11-18(17)32-15-14-26)33-23(29)24-22(28)16-8-4-3-5-9-16/h3-13,19,21,26,30H,2,14-15H2,1H3,(H,25,27)(H,24,28,29)/b13-12+/t19-,21-/m0/s1. The minimum absolute atomic E-state index is 0.00944. The number of amides is 3. The molecule has 0 saturated carbocycles. The largest absolute Gasteiger partial charge is 0.491 e. The molecule has 0 unspecified atom stereocenters. The molecule has 0 bridgehead atoms. The normalized spacial score (nSPS) is 12.6. The molecule has 2 aromatic carbocycles. The van der Waals surface area contributed by atoms with Crippen molar-refractivity contribution in [1.82, 2.24) is 10.8 Å². The summed E-state index contributed by atoms with van der Waals surface area (Å²) in [5.74, 6) is -1.16. The van der Waals surface area contributed by atoms with Crippen LogP contribution in [0.25, 0.3) is 0 Å². The summed E-state index contributed by atoms with van der Waals surface area (Å²) in [5.41, 5.74) is 2.11. The monoisotopic (exact) mass is 458 g/mol. The van der Waals surface area contributed by atoms with Gasteiger partial charge in [0.05, 0.1) is 6.61 Å². The van der Waals surface area contributed by atoms with E-state index in [1.54, 1.807) is 49.4 Å². The third-order valence-corrected chi connectivity index (χ3v) is 4.26. The Morgan fingerprint density at radius 1 is 1.06 bits per heavy atom. The zero-order valence-electron chi connectivity index (χ0n) is 18.0. The van der Waals surface area contributed by atoms with Crippen LogP contribution in [0.3, 0.4) is 0 Å². The molecule has 4 N–H and O–H groups in total. The second-order valence-corrected chi connectivity index (χ2v) is 6.51. The van der Waals surface area contributed by atoms with Gasteiger partial charge >= 0.3 is 6.09 Å². The van der Waals surface area contributed by atoms with Crippen molar-refractivity contribution < 1.29 is 38.9 Å². The molecular weight excluding hydrogens is 432 g/mol. The van der Waals surface area contributed by atoms with Crippen LogP contribution in [-0.4, -0.2) is 54.1 Å². The Kier molecular flexibility index (Phi) is 10.5. The average Bonchev–Trinajstić information content (AvgIpc) is 2.84. The summed E-state index contributed by atoms with van der Waals surface area (Å²) in [6, 6.07) is 14.7. The first kappa shape index (κ1) is 25.5. The molecule has 3 amide bonds. The van der Waals surface area contributed by atoms with Crippen molar-refractivity contribution in [2.24, 2.45) is 0 Å². The van der Waals surface area contributed by atoms with Crippen LogP contribution in [0.2, 0.25) is 0 Å². The molecule has 0 spiro atoms. The Hall–Kier alpha value is -3.73. The number of imide groups is 1. The number of hydrogen-bond donors (Lipinski definition) is 4. The summed E-state index contributed by atoms with van der Waals surface area (Å²) in [7, 11) is 0. The lowest BCUT2D eigenvalue weighted by Gasteiger charge is -2.26. The van der Waals surface area contributed by atoms with Gasteiger partial charge in [-0.1, -0.05) is 36.4 Å². The van der Waals surface area contributed by atoms with Crippen LogP contribution in [0.5, 0.6) is 5.75 Å². The maximum Gasteiger partial charge on any atom is 0.414 e. The number of nitrogens with one attached hydrogen (secondary N) is 2. The van der Waals surface area contributed by atoms with Crippen LogP contribution >= 0.6 is 0 Å². The van der Waals surface area contributed by atoms with Crippen molar-refractivity contribution >= 4 is 17.9 Å². The summed E-state index contributed by atoms with van der Waals surface area (Å²) in [6.07, 6.45) is -0.860. The van der Waals surface area contributed by atoms with E-state index < -0.39 is 30.1 Å². The Labute approximate surface area is 190 Å². The number of carbonyl (C=O) groups is 3. The van der Waals surface area contributed by atoms with E-state index >= 15 is 0 Å². The number of aliphatic hydroxyl groups excluding tert-OH is 1. The number of carbonyl (C=O) groups excluding carboxylic acids is 3. The molecule has 0 saturated heterocycles. The highest BCUT2D eigenvalue weighted by atomic mass is 16.6. The van der Waals surface area contributed by atoms with Crippen LogP contribution in [-0.2, 0) is 14.3 Å². The van der Waals surface area contributed by atoms with E-state index in [2.05, 4.69) is 5.32 Å². The Balaban J connectivity index is 2.35. The minimum Gasteiger partial charge on any atom is -0.491 e. The molecule has 2 rings (SSSR count). The van der Waals surface area contributed by atoms with Crippen LogP contribution in [0, 0.1) is 0 Å². The highest BCUT2D eigenvalue weighted by molar-refractivity contribution is 6.02. The van der Waals surface area contributed by atoms with E-state index in [1.807, 2.05) is 0 Å². The van der Waals surface area contributed by atoms with E-state index in [0.717, 1.165) is 6.08 Å². The van der Waals surface area contributed by atoms with Crippen LogP contribution in [0.4, 0.5) is 4.79 Å². The molecule has 0 aliphatic carbocycles. The highest BCUT2D eigenvalue weighted by Crippen LogP contribution is 2.32. The number of aliphatic hydroxyl groups is 1. The van der Waals surface area contributed by atoms with Crippen molar-refractivity contribution in [3.8, 4) is 5.75 Å². The second kappa shape index (κ2) is 13.6. The Morgan fingerprint density at radius 3 is 2.42 bits per heavy atom. The van der Waals surface area contributed by atoms with Crippen LogP contribution in [0.1, 0.15) is 28.9 Å². The first-order chi connectivity index (χ1) is 16.0. The van der Waals surface area contributed by atoms with Gasteiger partial charge in [0.25, 0.3) is 11.8 Å². The predicted molar refractivity (Wildman–Crippen MR) is 117 cm³/mol. The summed E-state index contributed by atoms with van der Waals surface area (Å²) in [5, 5.41) is 20.0. The molecule has 0 heterocycles. The number of alkyl carbamates (subject to hydrolysis) is 1. The zero-order chi connectivity index (χ0) is 24.1. The quantitative estimate of drug-likeness (QED) is 0.228. The first-order valence-electron chi connectivity index (χ1n) is 10.1. The van der Waals surface area contributed by atoms with Crippen molar-refractivity contribution in [2.45, 2.75) is 19.1 Å². The molecule has 0 radical (unpaired) electrons. The van der Waals surface area contributed by atoms with Gasteiger partial charge < -0.3 is 19.3 Å². The maximum absolute atomic E-state index is 12.6. The fourth-order valence-electron chi connectivity index (χ4n) is 2.87. The number of rotatable bonds is 11. The van der Waals surface area contributed by atoms with Gasteiger partial charge in [-0.15, -0.1) is 0 Å². The topological polar surface area (TPSA) is 143 Å². The Morgan fingerprint density at radius 2 is 1.76 bits per heavy atom. The molecule has 176 valence electrons. The molecule has 10 nitrogen and oxygen atoms in total. The summed E-state index contributed by atoms with van der Waals surface area (Å²) >= 11 is 0. The fourth-order valence-corrected chi connectivity index (χ4v) is 2.87. The molecule has 0 aliphatic rings. The van der Waals surface area contributed by atoms with E-state index in [1.165, 1.54) is 23.7 Å².